The van der Waals surface area contributed by atoms with E-state index in [1.54, 1.807) is 25.3 Å². The number of Topliss-reactive ketones (excluding diaryl/α,β-unsaturated/α-hetero) is 1. The molecule has 12 heavy (non-hydrogen) atoms. The van der Waals surface area contributed by atoms with Crippen LogP contribution in [0.25, 0.3) is 5.76 Å². The fraction of sp³-hybridized carbons (Fsp3) is 0.111. The topological polar surface area (TPSA) is 50.2 Å². The Labute approximate surface area is 69.4 Å². The first-order chi connectivity index (χ1) is 5.72. The Morgan fingerprint density at radius 2 is 2.25 bits per heavy atom. The molecule has 2 rings (SSSR count). The summed E-state index contributed by atoms with van der Waals surface area (Å²) in [5.41, 5.74) is 1.27. The highest BCUT2D eigenvalue weighted by atomic mass is 16.3. The third kappa shape index (κ3) is 0.704. The van der Waals surface area contributed by atoms with Gasteiger partial charge < -0.3 is 5.11 Å². The van der Waals surface area contributed by atoms with Crippen molar-refractivity contribution >= 4 is 11.5 Å². The van der Waals surface area contributed by atoms with Crippen molar-refractivity contribution in [2.24, 2.45) is 0 Å². The van der Waals surface area contributed by atoms with Gasteiger partial charge >= 0.3 is 0 Å². The zero-order chi connectivity index (χ0) is 8.72. The standard InChI is InChI=1S/C9H7NO2/c1-5-8(11)6-3-2-4-10-7(6)9(5)12/h2-4,11H,1H3. The number of hydrogen-bond acceptors (Lipinski definition) is 3. The lowest BCUT2D eigenvalue weighted by atomic mass is 10.2. The Bertz CT molecular complexity index is 393. The highest BCUT2D eigenvalue weighted by Gasteiger charge is 2.27. The van der Waals surface area contributed by atoms with Crippen LogP contribution in [-0.4, -0.2) is 15.9 Å². The van der Waals surface area contributed by atoms with Gasteiger partial charge in [-0.1, -0.05) is 0 Å². The first-order valence-corrected chi connectivity index (χ1v) is 3.61. The van der Waals surface area contributed by atoms with Crippen LogP contribution < -0.4 is 0 Å². The van der Waals surface area contributed by atoms with E-state index in [-0.39, 0.29) is 11.5 Å². The molecule has 0 spiro atoms. The van der Waals surface area contributed by atoms with Crippen LogP contribution in [0.2, 0.25) is 0 Å². The molecule has 3 heteroatoms. The fourth-order valence-corrected chi connectivity index (χ4v) is 1.26. The molecule has 1 N–H and O–H groups in total. The van der Waals surface area contributed by atoms with Crippen LogP contribution in [0.1, 0.15) is 23.0 Å². The van der Waals surface area contributed by atoms with E-state index in [0.29, 0.717) is 16.8 Å². The molecular weight excluding hydrogens is 154 g/mol. The average molecular weight is 161 g/mol. The molecule has 0 atom stereocenters. The maximum atomic E-state index is 11.3. The van der Waals surface area contributed by atoms with Crippen molar-refractivity contribution in [3.8, 4) is 0 Å². The molecule has 1 aliphatic rings. The number of hydrogen-bond donors (Lipinski definition) is 1. The van der Waals surface area contributed by atoms with Crippen molar-refractivity contribution in [3.05, 3.63) is 35.2 Å². The SMILES string of the molecule is CC1=C(O)c2cccnc2C1=O. The van der Waals surface area contributed by atoms with E-state index in [1.165, 1.54) is 0 Å². The number of ketones is 1. The Kier molecular flexibility index (Phi) is 1.27. The van der Waals surface area contributed by atoms with Crippen LogP contribution in [0.4, 0.5) is 0 Å². The lowest BCUT2D eigenvalue weighted by Gasteiger charge is -1.94. The quantitative estimate of drug-likeness (QED) is 0.628. The fourth-order valence-electron chi connectivity index (χ4n) is 1.26. The van der Waals surface area contributed by atoms with Crippen molar-refractivity contribution in [2.75, 3.05) is 0 Å². The van der Waals surface area contributed by atoms with Gasteiger partial charge in [0.1, 0.15) is 11.5 Å². The maximum absolute atomic E-state index is 11.3. The van der Waals surface area contributed by atoms with E-state index in [2.05, 4.69) is 4.98 Å². The summed E-state index contributed by atoms with van der Waals surface area (Å²) >= 11 is 0. The molecular formula is C9H7NO2. The van der Waals surface area contributed by atoms with E-state index in [1.807, 2.05) is 0 Å². The number of carbonyl (C=O) groups excluding carboxylic acids is 1. The molecule has 1 aliphatic carbocycles. The molecule has 1 aromatic rings. The molecule has 0 fully saturated rings. The number of pyridine rings is 1. The first-order valence-electron chi connectivity index (χ1n) is 3.61. The third-order valence-corrected chi connectivity index (χ3v) is 1.97. The van der Waals surface area contributed by atoms with Gasteiger partial charge in [-0.05, 0) is 19.1 Å². The van der Waals surface area contributed by atoms with E-state index in [0.717, 1.165) is 0 Å². The molecule has 0 bridgehead atoms. The van der Waals surface area contributed by atoms with Crippen LogP contribution in [-0.2, 0) is 0 Å². The summed E-state index contributed by atoms with van der Waals surface area (Å²) in [5.74, 6) is -0.119. The van der Waals surface area contributed by atoms with Gasteiger partial charge in [-0.15, -0.1) is 0 Å². The third-order valence-electron chi connectivity index (χ3n) is 1.97. The summed E-state index contributed by atoms with van der Waals surface area (Å²) in [6, 6.07) is 3.38. The Hall–Kier alpha value is -1.64. The summed E-state index contributed by atoms with van der Waals surface area (Å²) in [4.78, 5) is 15.2. The molecule has 0 saturated heterocycles. The molecule has 60 valence electrons. The minimum Gasteiger partial charge on any atom is -0.507 e. The summed E-state index contributed by atoms with van der Waals surface area (Å²) in [6.45, 7) is 1.60. The van der Waals surface area contributed by atoms with Gasteiger partial charge in [0.25, 0.3) is 0 Å². The number of fused-ring (bicyclic) bond motifs is 1. The molecule has 3 nitrogen and oxygen atoms in total. The van der Waals surface area contributed by atoms with Crippen molar-refractivity contribution in [1.82, 2.24) is 4.98 Å². The number of allylic oxidation sites excluding steroid dienone is 1. The van der Waals surface area contributed by atoms with Gasteiger partial charge in [-0.3, -0.25) is 9.78 Å². The zero-order valence-electron chi connectivity index (χ0n) is 6.53. The minimum atomic E-state index is -0.178. The maximum Gasteiger partial charge on any atom is 0.211 e. The molecule has 0 saturated carbocycles. The van der Waals surface area contributed by atoms with Gasteiger partial charge in [-0.2, -0.15) is 0 Å². The van der Waals surface area contributed by atoms with Gasteiger partial charge in [0.15, 0.2) is 0 Å². The molecule has 0 aliphatic heterocycles. The number of rotatable bonds is 0. The predicted molar refractivity (Wildman–Crippen MR) is 43.8 cm³/mol. The van der Waals surface area contributed by atoms with Crippen LogP contribution >= 0.6 is 0 Å². The monoisotopic (exact) mass is 161 g/mol. The predicted octanol–water partition coefficient (Wildman–Crippen LogP) is 1.57. The Balaban J connectivity index is 2.73. The van der Waals surface area contributed by atoms with Crippen molar-refractivity contribution in [1.29, 1.82) is 0 Å². The lowest BCUT2D eigenvalue weighted by Crippen LogP contribution is -1.98. The van der Waals surface area contributed by atoms with Crippen LogP contribution in [0, 0.1) is 0 Å². The van der Waals surface area contributed by atoms with E-state index >= 15 is 0 Å². The second-order valence-corrected chi connectivity index (χ2v) is 2.70. The summed E-state index contributed by atoms with van der Waals surface area (Å²) < 4.78 is 0. The van der Waals surface area contributed by atoms with Crippen molar-refractivity contribution in [2.45, 2.75) is 6.92 Å². The van der Waals surface area contributed by atoms with Crippen molar-refractivity contribution < 1.29 is 9.90 Å². The number of aliphatic hydroxyl groups is 1. The zero-order valence-corrected chi connectivity index (χ0v) is 6.53. The van der Waals surface area contributed by atoms with Gasteiger partial charge in [0.2, 0.25) is 5.78 Å². The highest BCUT2D eigenvalue weighted by Crippen LogP contribution is 2.28. The summed E-state index contributed by atoms with van der Waals surface area (Å²) in [7, 11) is 0. The van der Waals surface area contributed by atoms with E-state index in [9.17, 15) is 9.90 Å². The van der Waals surface area contributed by atoms with Crippen LogP contribution in [0.5, 0.6) is 0 Å². The first kappa shape index (κ1) is 7.03. The van der Waals surface area contributed by atoms with E-state index in [4.69, 9.17) is 0 Å². The molecule has 0 radical (unpaired) electrons. The number of carbonyl (C=O) groups is 1. The summed E-state index contributed by atoms with van der Waals surface area (Å²) in [6.07, 6.45) is 1.54. The second kappa shape index (κ2) is 2.17. The van der Waals surface area contributed by atoms with Crippen molar-refractivity contribution in [3.63, 3.8) is 0 Å². The lowest BCUT2D eigenvalue weighted by molar-refractivity contribution is 0.103. The molecule has 0 unspecified atom stereocenters. The van der Waals surface area contributed by atoms with Gasteiger partial charge in [0.05, 0.1) is 0 Å². The number of aromatic nitrogens is 1. The minimum absolute atomic E-state index is 0.0584. The van der Waals surface area contributed by atoms with E-state index < -0.39 is 0 Å². The molecule has 0 aromatic carbocycles. The average Bonchev–Trinajstić information content (AvgIpc) is 2.33. The molecule has 1 heterocycles. The van der Waals surface area contributed by atoms with Crippen LogP contribution in [0.3, 0.4) is 0 Å². The largest absolute Gasteiger partial charge is 0.507 e. The normalized spacial score (nSPS) is 15.2. The molecule has 1 aromatic heterocycles. The van der Waals surface area contributed by atoms with Crippen LogP contribution in [0.15, 0.2) is 23.9 Å². The Morgan fingerprint density at radius 3 is 2.92 bits per heavy atom. The Morgan fingerprint density at radius 1 is 1.50 bits per heavy atom. The highest BCUT2D eigenvalue weighted by molar-refractivity contribution is 6.17. The number of nitrogens with zero attached hydrogens (tertiary/aromatic N) is 1. The van der Waals surface area contributed by atoms with Gasteiger partial charge in [0, 0.05) is 17.3 Å². The molecule has 0 amide bonds. The second-order valence-electron chi connectivity index (χ2n) is 2.70. The summed E-state index contributed by atoms with van der Waals surface area (Å²) in [5, 5.41) is 9.44. The van der Waals surface area contributed by atoms with Gasteiger partial charge in [-0.25, -0.2) is 0 Å². The smallest absolute Gasteiger partial charge is 0.211 e. The number of aliphatic hydroxyl groups excluding tert-OH is 1.